The van der Waals surface area contributed by atoms with Crippen molar-refractivity contribution in [3.63, 3.8) is 0 Å². The van der Waals surface area contributed by atoms with Crippen LogP contribution in [0.2, 0.25) is 0 Å². The zero-order chi connectivity index (χ0) is 14.1. The second-order valence-electron chi connectivity index (χ2n) is 5.01. The lowest BCUT2D eigenvalue weighted by Gasteiger charge is -2.12. The van der Waals surface area contributed by atoms with Gasteiger partial charge in [0.25, 0.3) is 0 Å². The Morgan fingerprint density at radius 3 is 3.00 bits per heavy atom. The van der Waals surface area contributed by atoms with Crippen molar-refractivity contribution in [1.82, 2.24) is 9.61 Å². The molecular formula is C16H16FN3. The van der Waals surface area contributed by atoms with Gasteiger partial charge in [-0.25, -0.2) is 8.91 Å². The van der Waals surface area contributed by atoms with Crippen molar-refractivity contribution >= 4 is 5.52 Å². The number of benzene rings is 1. The Balaban J connectivity index is 1.93. The summed E-state index contributed by atoms with van der Waals surface area (Å²) >= 11 is 0. The molecule has 2 aromatic heterocycles. The lowest BCUT2D eigenvalue weighted by Crippen LogP contribution is -2.14. The zero-order valence-corrected chi connectivity index (χ0v) is 11.3. The molecule has 1 aromatic carbocycles. The fourth-order valence-electron chi connectivity index (χ4n) is 2.45. The van der Waals surface area contributed by atoms with Crippen LogP contribution in [0.3, 0.4) is 0 Å². The second-order valence-corrected chi connectivity index (χ2v) is 5.01. The summed E-state index contributed by atoms with van der Waals surface area (Å²) in [6.45, 7) is 1.97. The van der Waals surface area contributed by atoms with E-state index < -0.39 is 0 Å². The van der Waals surface area contributed by atoms with E-state index in [2.05, 4.69) is 5.10 Å². The Labute approximate surface area is 116 Å². The molecule has 0 aliphatic heterocycles. The first kappa shape index (κ1) is 12.8. The Morgan fingerprint density at radius 2 is 2.15 bits per heavy atom. The predicted octanol–water partition coefficient (Wildman–Crippen LogP) is 3.02. The van der Waals surface area contributed by atoms with Crippen molar-refractivity contribution in [3.05, 3.63) is 71.3 Å². The first-order valence-corrected chi connectivity index (χ1v) is 6.58. The van der Waals surface area contributed by atoms with E-state index in [0.717, 1.165) is 22.2 Å². The molecule has 3 nitrogen and oxygen atoms in total. The quantitative estimate of drug-likeness (QED) is 0.794. The summed E-state index contributed by atoms with van der Waals surface area (Å²) in [5.41, 5.74) is 10.2. The van der Waals surface area contributed by atoms with Gasteiger partial charge in [0, 0.05) is 17.8 Å². The minimum atomic E-state index is -0.224. The SMILES string of the molecule is Cc1ccc(F)cc1CC(N)c1cnn2ccccc12. The monoisotopic (exact) mass is 269 g/mol. The molecule has 3 rings (SSSR count). The van der Waals surface area contributed by atoms with Crippen molar-refractivity contribution in [2.24, 2.45) is 5.73 Å². The molecular weight excluding hydrogens is 253 g/mol. The highest BCUT2D eigenvalue weighted by molar-refractivity contribution is 5.55. The maximum atomic E-state index is 13.3. The highest BCUT2D eigenvalue weighted by Gasteiger charge is 2.14. The number of hydrogen-bond acceptors (Lipinski definition) is 2. The third kappa shape index (κ3) is 2.30. The van der Waals surface area contributed by atoms with Gasteiger partial charge < -0.3 is 5.73 Å². The van der Waals surface area contributed by atoms with Gasteiger partial charge >= 0.3 is 0 Å². The van der Waals surface area contributed by atoms with Gasteiger partial charge in [-0.2, -0.15) is 5.10 Å². The Morgan fingerprint density at radius 1 is 1.30 bits per heavy atom. The van der Waals surface area contributed by atoms with Crippen LogP contribution >= 0.6 is 0 Å². The van der Waals surface area contributed by atoms with Crippen molar-refractivity contribution in [2.45, 2.75) is 19.4 Å². The molecule has 2 N–H and O–H groups in total. The summed E-state index contributed by atoms with van der Waals surface area (Å²) in [7, 11) is 0. The van der Waals surface area contributed by atoms with Gasteiger partial charge in [0.15, 0.2) is 0 Å². The van der Waals surface area contributed by atoms with E-state index in [1.807, 2.05) is 31.3 Å². The normalized spacial score (nSPS) is 12.8. The first-order chi connectivity index (χ1) is 9.65. The number of aromatic nitrogens is 2. The molecule has 4 heteroatoms. The van der Waals surface area contributed by atoms with Gasteiger partial charge in [0.1, 0.15) is 5.82 Å². The zero-order valence-electron chi connectivity index (χ0n) is 11.3. The van der Waals surface area contributed by atoms with E-state index in [1.165, 1.54) is 6.07 Å². The van der Waals surface area contributed by atoms with E-state index >= 15 is 0 Å². The average Bonchev–Trinajstić information content (AvgIpc) is 2.87. The summed E-state index contributed by atoms with van der Waals surface area (Å²) in [5.74, 6) is -0.224. The number of halogens is 1. The van der Waals surface area contributed by atoms with Gasteiger partial charge in [-0.15, -0.1) is 0 Å². The maximum Gasteiger partial charge on any atom is 0.123 e. The lowest BCUT2D eigenvalue weighted by molar-refractivity contribution is 0.621. The van der Waals surface area contributed by atoms with E-state index in [4.69, 9.17) is 5.73 Å². The van der Waals surface area contributed by atoms with Gasteiger partial charge in [-0.1, -0.05) is 12.1 Å². The highest BCUT2D eigenvalue weighted by Crippen LogP contribution is 2.22. The van der Waals surface area contributed by atoms with Crippen LogP contribution < -0.4 is 5.73 Å². The summed E-state index contributed by atoms with van der Waals surface area (Å²) in [6, 6.07) is 10.5. The van der Waals surface area contributed by atoms with Crippen molar-refractivity contribution in [3.8, 4) is 0 Å². The van der Waals surface area contributed by atoms with Crippen molar-refractivity contribution in [1.29, 1.82) is 0 Å². The molecule has 0 amide bonds. The maximum absolute atomic E-state index is 13.3. The number of fused-ring (bicyclic) bond motifs is 1. The molecule has 2 heterocycles. The number of aryl methyl sites for hydroxylation is 1. The minimum Gasteiger partial charge on any atom is -0.324 e. The number of nitrogens with zero attached hydrogens (tertiary/aromatic N) is 2. The molecule has 20 heavy (non-hydrogen) atoms. The average molecular weight is 269 g/mol. The molecule has 0 bridgehead atoms. The van der Waals surface area contributed by atoms with Crippen LogP contribution in [0.25, 0.3) is 5.52 Å². The van der Waals surface area contributed by atoms with Crippen LogP contribution in [0.4, 0.5) is 4.39 Å². The van der Waals surface area contributed by atoms with Crippen LogP contribution in [0.15, 0.2) is 48.8 Å². The molecule has 0 spiro atoms. The molecule has 0 saturated carbocycles. The smallest absolute Gasteiger partial charge is 0.123 e. The van der Waals surface area contributed by atoms with E-state index in [0.29, 0.717) is 6.42 Å². The molecule has 3 aromatic rings. The van der Waals surface area contributed by atoms with E-state index in [-0.39, 0.29) is 11.9 Å². The van der Waals surface area contributed by atoms with Gasteiger partial charge in [0.05, 0.1) is 11.7 Å². The molecule has 0 fully saturated rings. The molecule has 1 atom stereocenters. The van der Waals surface area contributed by atoms with Crippen LogP contribution in [-0.2, 0) is 6.42 Å². The fraction of sp³-hybridized carbons (Fsp3) is 0.188. The first-order valence-electron chi connectivity index (χ1n) is 6.58. The summed E-state index contributed by atoms with van der Waals surface area (Å²) in [5, 5.41) is 4.28. The molecule has 0 radical (unpaired) electrons. The van der Waals surface area contributed by atoms with E-state index in [1.54, 1.807) is 22.8 Å². The van der Waals surface area contributed by atoms with Gasteiger partial charge in [0.2, 0.25) is 0 Å². The fourth-order valence-corrected chi connectivity index (χ4v) is 2.45. The third-order valence-electron chi connectivity index (χ3n) is 3.61. The topological polar surface area (TPSA) is 43.3 Å². The van der Waals surface area contributed by atoms with Crippen molar-refractivity contribution in [2.75, 3.05) is 0 Å². The summed E-state index contributed by atoms with van der Waals surface area (Å²) in [4.78, 5) is 0. The van der Waals surface area contributed by atoms with Crippen LogP contribution in [0.5, 0.6) is 0 Å². The summed E-state index contributed by atoms with van der Waals surface area (Å²) < 4.78 is 15.1. The van der Waals surface area contributed by atoms with Crippen LogP contribution in [0, 0.1) is 12.7 Å². The largest absolute Gasteiger partial charge is 0.324 e. The predicted molar refractivity (Wildman–Crippen MR) is 77.0 cm³/mol. The van der Waals surface area contributed by atoms with Crippen molar-refractivity contribution < 1.29 is 4.39 Å². The molecule has 1 unspecified atom stereocenters. The summed E-state index contributed by atoms with van der Waals surface area (Å²) in [6.07, 6.45) is 4.27. The number of pyridine rings is 1. The second kappa shape index (κ2) is 5.06. The van der Waals surface area contributed by atoms with E-state index in [9.17, 15) is 4.39 Å². The number of rotatable bonds is 3. The molecule has 0 aliphatic carbocycles. The molecule has 0 aliphatic rings. The number of hydrogen-bond donors (Lipinski definition) is 1. The standard InChI is InChI=1S/C16H16FN3/c1-11-5-6-13(17)8-12(11)9-15(18)14-10-19-20-7-3-2-4-16(14)20/h2-8,10,15H,9,18H2,1H3. The lowest BCUT2D eigenvalue weighted by atomic mass is 9.97. The van der Waals surface area contributed by atoms with Crippen LogP contribution in [0.1, 0.15) is 22.7 Å². The van der Waals surface area contributed by atoms with Crippen LogP contribution in [-0.4, -0.2) is 9.61 Å². The molecule has 102 valence electrons. The minimum absolute atomic E-state index is 0.199. The van der Waals surface area contributed by atoms with Gasteiger partial charge in [-0.3, -0.25) is 0 Å². The Bertz CT molecular complexity index is 748. The Hall–Kier alpha value is -2.20. The highest BCUT2D eigenvalue weighted by atomic mass is 19.1. The Kier molecular flexibility index (Phi) is 3.24. The molecule has 0 saturated heterocycles. The third-order valence-corrected chi connectivity index (χ3v) is 3.61. The number of nitrogens with two attached hydrogens (primary N) is 1. The van der Waals surface area contributed by atoms with Gasteiger partial charge in [-0.05, 0) is 48.7 Å².